The molecule has 1 aliphatic rings. The van der Waals surface area contributed by atoms with Gasteiger partial charge in [-0.25, -0.2) is 0 Å². The average molecular weight is 253 g/mol. The number of aromatic nitrogens is 1. The van der Waals surface area contributed by atoms with Crippen LogP contribution in [-0.4, -0.2) is 22.9 Å². The van der Waals surface area contributed by atoms with Gasteiger partial charge in [0.05, 0.1) is 10.6 Å². The monoisotopic (exact) mass is 252 g/mol. The lowest BCUT2D eigenvalue weighted by atomic mass is 9.86. The highest BCUT2D eigenvalue weighted by Crippen LogP contribution is 2.26. The SMILES string of the molecule is CCC1(C(=O)Cc2ccncc2Cl)CCCN1. The molecular weight excluding hydrogens is 236 g/mol. The fraction of sp³-hybridized carbons (Fsp3) is 0.538. The van der Waals surface area contributed by atoms with Crippen molar-refractivity contribution in [3.63, 3.8) is 0 Å². The number of halogens is 1. The molecule has 92 valence electrons. The second-order valence-corrected chi connectivity index (χ2v) is 4.94. The van der Waals surface area contributed by atoms with E-state index in [9.17, 15) is 4.79 Å². The Morgan fingerprint density at radius 1 is 1.65 bits per heavy atom. The van der Waals surface area contributed by atoms with E-state index in [1.54, 1.807) is 12.4 Å². The summed E-state index contributed by atoms with van der Waals surface area (Å²) in [7, 11) is 0. The Balaban J connectivity index is 2.14. The van der Waals surface area contributed by atoms with Crippen molar-refractivity contribution in [1.29, 1.82) is 0 Å². The van der Waals surface area contributed by atoms with Gasteiger partial charge in [-0.05, 0) is 37.4 Å². The van der Waals surface area contributed by atoms with Crippen LogP contribution in [0.25, 0.3) is 0 Å². The molecule has 2 rings (SSSR count). The zero-order chi connectivity index (χ0) is 12.3. The average Bonchev–Trinajstić information content (AvgIpc) is 2.82. The van der Waals surface area contributed by atoms with Crippen molar-refractivity contribution in [1.82, 2.24) is 10.3 Å². The Labute approximate surface area is 107 Å². The van der Waals surface area contributed by atoms with E-state index in [0.717, 1.165) is 31.4 Å². The van der Waals surface area contributed by atoms with Crippen molar-refractivity contribution >= 4 is 17.4 Å². The topological polar surface area (TPSA) is 42.0 Å². The molecule has 0 bridgehead atoms. The molecule has 0 saturated carbocycles. The van der Waals surface area contributed by atoms with E-state index in [4.69, 9.17) is 11.6 Å². The van der Waals surface area contributed by atoms with Crippen molar-refractivity contribution in [2.75, 3.05) is 6.54 Å². The van der Waals surface area contributed by atoms with Crippen LogP contribution in [0.2, 0.25) is 5.02 Å². The highest BCUT2D eigenvalue weighted by Gasteiger charge is 2.38. The molecule has 0 aromatic carbocycles. The molecule has 0 aliphatic carbocycles. The molecule has 0 radical (unpaired) electrons. The highest BCUT2D eigenvalue weighted by atomic mass is 35.5. The van der Waals surface area contributed by atoms with Crippen LogP contribution in [-0.2, 0) is 11.2 Å². The van der Waals surface area contributed by atoms with Crippen LogP contribution in [0, 0.1) is 0 Å². The van der Waals surface area contributed by atoms with E-state index in [1.165, 1.54) is 0 Å². The third kappa shape index (κ3) is 2.50. The largest absolute Gasteiger partial charge is 0.305 e. The van der Waals surface area contributed by atoms with E-state index in [0.29, 0.717) is 11.4 Å². The van der Waals surface area contributed by atoms with Crippen LogP contribution in [0.4, 0.5) is 0 Å². The first-order valence-electron chi connectivity index (χ1n) is 6.05. The number of hydrogen-bond donors (Lipinski definition) is 1. The summed E-state index contributed by atoms with van der Waals surface area (Å²) in [5.41, 5.74) is 0.542. The van der Waals surface area contributed by atoms with E-state index >= 15 is 0 Å². The summed E-state index contributed by atoms with van der Waals surface area (Å²) in [5, 5.41) is 3.93. The van der Waals surface area contributed by atoms with Crippen molar-refractivity contribution < 1.29 is 4.79 Å². The van der Waals surface area contributed by atoms with Crippen LogP contribution >= 0.6 is 11.6 Å². The molecule has 1 aliphatic heterocycles. The van der Waals surface area contributed by atoms with Gasteiger partial charge in [0.15, 0.2) is 5.78 Å². The van der Waals surface area contributed by atoms with Gasteiger partial charge in [0, 0.05) is 18.8 Å². The molecule has 4 heteroatoms. The Hall–Kier alpha value is -0.930. The molecule has 1 fully saturated rings. The maximum atomic E-state index is 12.4. The van der Waals surface area contributed by atoms with Gasteiger partial charge in [0.1, 0.15) is 0 Å². The van der Waals surface area contributed by atoms with E-state index < -0.39 is 0 Å². The van der Waals surface area contributed by atoms with E-state index in [1.807, 2.05) is 6.07 Å². The van der Waals surface area contributed by atoms with E-state index in [-0.39, 0.29) is 11.3 Å². The molecule has 1 unspecified atom stereocenters. The van der Waals surface area contributed by atoms with Gasteiger partial charge in [0.25, 0.3) is 0 Å². The first-order valence-corrected chi connectivity index (χ1v) is 6.42. The summed E-state index contributed by atoms with van der Waals surface area (Å²) in [6, 6.07) is 1.82. The van der Waals surface area contributed by atoms with Gasteiger partial charge in [-0.15, -0.1) is 0 Å². The molecule has 1 aromatic rings. The summed E-state index contributed by atoms with van der Waals surface area (Å²) in [5.74, 6) is 0.241. The number of Topliss-reactive ketones (excluding diaryl/α,β-unsaturated/α-hetero) is 1. The minimum absolute atomic E-state index is 0.241. The van der Waals surface area contributed by atoms with Gasteiger partial charge in [-0.3, -0.25) is 9.78 Å². The molecule has 3 nitrogen and oxygen atoms in total. The molecule has 1 aromatic heterocycles. The number of hydrogen-bond acceptors (Lipinski definition) is 3. The molecule has 1 atom stereocenters. The van der Waals surface area contributed by atoms with Gasteiger partial charge in [0.2, 0.25) is 0 Å². The minimum atomic E-state index is -0.327. The van der Waals surface area contributed by atoms with Gasteiger partial charge >= 0.3 is 0 Å². The number of carbonyl (C=O) groups is 1. The number of carbonyl (C=O) groups excluding carboxylic acids is 1. The summed E-state index contributed by atoms with van der Waals surface area (Å²) in [4.78, 5) is 16.3. The maximum absolute atomic E-state index is 12.4. The fourth-order valence-corrected chi connectivity index (χ4v) is 2.62. The predicted octanol–water partition coefficient (Wildman–Crippen LogP) is 2.38. The normalized spacial score (nSPS) is 23.9. The first kappa shape index (κ1) is 12.5. The lowest BCUT2D eigenvalue weighted by molar-refractivity contribution is -0.124. The third-order valence-corrected chi connectivity index (χ3v) is 3.93. The summed E-state index contributed by atoms with van der Waals surface area (Å²) < 4.78 is 0. The van der Waals surface area contributed by atoms with Crippen LogP contribution in [0.5, 0.6) is 0 Å². The molecule has 2 heterocycles. The Morgan fingerprint density at radius 2 is 2.47 bits per heavy atom. The highest BCUT2D eigenvalue weighted by molar-refractivity contribution is 6.31. The first-order chi connectivity index (χ1) is 8.18. The second kappa shape index (κ2) is 5.15. The summed E-state index contributed by atoms with van der Waals surface area (Å²) >= 11 is 6.03. The van der Waals surface area contributed by atoms with Crippen molar-refractivity contribution in [3.8, 4) is 0 Å². The van der Waals surface area contributed by atoms with Crippen LogP contribution < -0.4 is 5.32 Å². The van der Waals surface area contributed by atoms with Crippen molar-refractivity contribution in [3.05, 3.63) is 29.0 Å². The van der Waals surface area contributed by atoms with Gasteiger partial charge < -0.3 is 5.32 Å². The maximum Gasteiger partial charge on any atom is 0.157 e. The Bertz CT molecular complexity index is 414. The molecule has 17 heavy (non-hydrogen) atoms. The zero-order valence-corrected chi connectivity index (χ0v) is 10.8. The van der Waals surface area contributed by atoms with E-state index in [2.05, 4.69) is 17.2 Å². The predicted molar refractivity (Wildman–Crippen MR) is 68.2 cm³/mol. The molecule has 1 N–H and O–H groups in total. The van der Waals surface area contributed by atoms with Crippen LogP contribution in [0.1, 0.15) is 31.7 Å². The number of pyridine rings is 1. The second-order valence-electron chi connectivity index (χ2n) is 4.53. The smallest absolute Gasteiger partial charge is 0.157 e. The minimum Gasteiger partial charge on any atom is -0.305 e. The van der Waals surface area contributed by atoms with Gasteiger partial charge in [-0.1, -0.05) is 18.5 Å². The lowest BCUT2D eigenvalue weighted by Gasteiger charge is -2.26. The van der Waals surface area contributed by atoms with Crippen molar-refractivity contribution in [2.24, 2.45) is 0 Å². The van der Waals surface area contributed by atoms with Crippen LogP contribution in [0.3, 0.4) is 0 Å². The lowest BCUT2D eigenvalue weighted by Crippen LogP contribution is -2.47. The zero-order valence-electron chi connectivity index (χ0n) is 10.0. The summed E-state index contributed by atoms with van der Waals surface area (Å²) in [6.07, 6.45) is 6.51. The molecule has 1 saturated heterocycles. The molecule has 0 spiro atoms. The molecular formula is C13H17ClN2O. The third-order valence-electron chi connectivity index (χ3n) is 3.59. The molecule has 0 amide bonds. The Morgan fingerprint density at radius 3 is 3.06 bits per heavy atom. The van der Waals surface area contributed by atoms with Crippen molar-refractivity contribution in [2.45, 2.75) is 38.1 Å². The number of nitrogens with zero attached hydrogens (tertiary/aromatic N) is 1. The Kier molecular flexibility index (Phi) is 3.79. The fourth-order valence-electron chi connectivity index (χ4n) is 2.43. The number of ketones is 1. The number of rotatable bonds is 4. The quantitative estimate of drug-likeness (QED) is 0.895. The number of nitrogens with one attached hydrogen (secondary N) is 1. The van der Waals surface area contributed by atoms with Gasteiger partial charge in [-0.2, -0.15) is 0 Å². The summed E-state index contributed by atoms with van der Waals surface area (Å²) in [6.45, 7) is 2.99. The standard InChI is InChI=1S/C13H17ClN2O/c1-2-13(5-3-6-16-13)12(17)8-10-4-7-15-9-11(10)14/h4,7,9,16H,2-3,5-6,8H2,1H3. The van der Waals surface area contributed by atoms with Crippen LogP contribution in [0.15, 0.2) is 18.5 Å².